The van der Waals surface area contributed by atoms with Gasteiger partial charge in [0.2, 0.25) is 0 Å². The average Bonchev–Trinajstić information content (AvgIpc) is 2.68. The van der Waals surface area contributed by atoms with Crippen molar-refractivity contribution in [2.45, 2.75) is 64.6 Å². The van der Waals surface area contributed by atoms with E-state index in [0.29, 0.717) is 24.4 Å². The summed E-state index contributed by atoms with van der Waals surface area (Å²) in [7, 11) is 0. The minimum Gasteiger partial charge on any atom is -0.462 e. The summed E-state index contributed by atoms with van der Waals surface area (Å²) in [5.41, 5.74) is -2.36. The molecule has 6 rings (SSSR count). The fourth-order valence-electron chi connectivity index (χ4n) is 8.01. The van der Waals surface area contributed by atoms with Crippen LogP contribution in [0.25, 0.3) is 0 Å². The highest BCUT2D eigenvalue weighted by molar-refractivity contribution is 5.84. The van der Waals surface area contributed by atoms with Crippen molar-refractivity contribution in [2.75, 3.05) is 6.61 Å². The van der Waals surface area contributed by atoms with Crippen LogP contribution in [-0.4, -0.2) is 34.5 Å². The minimum absolute atomic E-state index is 0.0363. The van der Waals surface area contributed by atoms with E-state index in [2.05, 4.69) is 13.0 Å². The summed E-state index contributed by atoms with van der Waals surface area (Å²) in [6, 6.07) is 0. The first-order chi connectivity index (χ1) is 11.7. The second kappa shape index (κ2) is 4.51. The highest BCUT2D eigenvalue weighted by Gasteiger charge is 2.72. The molecule has 4 fully saturated rings. The fourth-order valence-corrected chi connectivity index (χ4v) is 8.01. The van der Waals surface area contributed by atoms with E-state index in [0.717, 1.165) is 32.1 Å². The van der Waals surface area contributed by atoms with Crippen LogP contribution in [0.3, 0.4) is 0 Å². The molecule has 8 atom stereocenters. The average molecular weight is 346 g/mol. The molecule has 138 valence electrons. The Morgan fingerprint density at radius 2 is 1.92 bits per heavy atom. The first kappa shape index (κ1) is 16.3. The maximum Gasteiger partial charge on any atom is 0.342 e. The van der Waals surface area contributed by atoms with Gasteiger partial charge < -0.3 is 14.9 Å². The molecule has 2 N–H and O–H groups in total. The van der Waals surface area contributed by atoms with Crippen LogP contribution >= 0.6 is 0 Å². The number of carbonyl (C=O) groups excluding carboxylic acids is 1. The molecule has 6 aliphatic rings. The zero-order chi connectivity index (χ0) is 17.8. The highest BCUT2D eigenvalue weighted by Crippen LogP contribution is 2.72. The molecule has 1 saturated heterocycles. The van der Waals surface area contributed by atoms with Gasteiger partial charge in [-0.3, -0.25) is 0 Å². The Hall–Kier alpha value is -0.870. The topological polar surface area (TPSA) is 66.8 Å². The van der Waals surface area contributed by atoms with Crippen molar-refractivity contribution in [3.8, 4) is 0 Å². The van der Waals surface area contributed by atoms with Crippen molar-refractivity contribution in [1.82, 2.24) is 0 Å². The van der Waals surface area contributed by atoms with Gasteiger partial charge in [0.15, 0.2) is 5.60 Å². The molecule has 4 nitrogen and oxygen atoms in total. The molecule has 4 heteroatoms. The second-order valence-electron chi connectivity index (χ2n) is 10.2. The van der Waals surface area contributed by atoms with Gasteiger partial charge >= 0.3 is 5.97 Å². The van der Waals surface area contributed by atoms with E-state index in [-0.39, 0.29) is 22.9 Å². The first-order valence-corrected chi connectivity index (χ1v) is 9.97. The van der Waals surface area contributed by atoms with Gasteiger partial charge in [-0.2, -0.15) is 0 Å². The van der Waals surface area contributed by atoms with E-state index in [1.165, 1.54) is 0 Å². The lowest BCUT2D eigenvalue weighted by molar-refractivity contribution is -0.175. The Morgan fingerprint density at radius 3 is 2.68 bits per heavy atom. The van der Waals surface area contributed by atoms with Gasteiger partial charge in [0.05, 0.1) is 6.10 Å². The number of aliphatic hydroxyl groups is 2. The number of carbonyl (C=O) groups is 1. The Kier molecular flexibility index (Phi) is 2.94. The van der Waals surface area contributed by atoms with Crippen LogP contribution in [0.4, 0.5) is 0 Å². The summed E-state index contributed by atoms with van der Waals surface area (Å²) < 4.78 is 5.67. The summed E-state index contributed by atoms with van der Waals surface area (Å²) in [6.07, 6.45) is 8.92. The summed E-state index contributed by atoms with van der Waals surface area (Å²) in [5, 5.41) is 22.3. The number of fused-ring (bicyclic) bond motifs is 3. The van der Waals surface area contributed by atoms with E-state index < -0.39 is 17.0 Å². The smallest absolute Gasteiger partial charge is 0.342 e. The third-order valence-electron chi connectivity index (χ3n) is 9.44. The standard InChI is InChI=1S/C21H30O4/c1-12-13-4-5-15-19(10-13,16(12)22)7-6-14-18(2,3)21(24)9-8-20(14,15)11-25-17(21)23/h8-9,12-16,22,24H,4-7,10-11H2,1-3H3/t12-,13+,14-,15-,16+,19-,20+,21?/m0/s1. The highest BCUT2D eigenvalue weighted by atomic mass is 16.6. The Labute approximate surface area is 149 Å². The summed E-state index contributed by atoms with van der Waals surface area (Å²) in [5.74, 6) is 1.04. The largest absolute Gasteiger partial charge is 0.462 e. The van der Waals surface area contributed by atoms with Crippen molar-refractivity contribution < 1.29 is 19.7 Å². The monoisotopic (exact) mass is 346 g/mol. The Morgan fingerprint density at radius 1 is 1.16 bits per heavy atom. The predicted octanol–water partition coefficient (Wildman–Crippen LogP) is 2.68. The minimum atomic E-state index is -1.53. The summed E-state index contributed by atoms with van der Waals surface area (Å²) in [6.45, 7) is 6.62. The van der Waals surface area contributed by atoms with Crippen molar-refractivity contribution in [1.29, 1.82) is 0 Å². The molecule has 0 aromatic carbocycles. The summed E-state index contributed by atoms with van der Waals surface area (Å²) in [4.78, 5) is 12.6. The fraction of sp³-hybridized carbons (Fsp3) is 0.857. The van der Waals surface area contributed by atoms with Crippen LogP contribution < -0.4 is 0 Å². The molecular formula is C21H30O4. The third-order valence-corrected chi connectivity index (χ3v) is 9.44. The lowest BCUT2D eigenvalue weighted by Gasteiger charge is -2.63. The number of hydrogen-bond donors (Lipinski definition) is 2. The third kappa shape index (κ3) is 1.57. The van der Waals surface area contributed by atoms with Gasteiger partial charge in [-0.15, -0.1) is 0 Å². The molecule has 4 aliphatic carbocycles. The number of aliphatic hydroxyl groups excluding tert-OH is 1. The molecule has 3 saturated carbocycles. The SMILES string of the molecule is C[C@H]1[C@@H]2CC[C@@H]3[C@]45C=CC(O)(C(=O)OC4)C(C)(C)[C@@H]5CC[C@@]3(C2)[C@@H]1O. The van der Waals surface area contributed by atoms with E-state index in [4.69, 9.17) is 4.74 Å². The Balaban J connectivity index is 1.69. The van der Waals surface area contributed by atoms with E-state index >= 15 is 0 Å². The van der Waals surface area contributed by atoms with Crippen LogP contribution in [0.15, 0.2) is 12.2 Å². The molecule has 0 aromatic rings. The number of esters is 1. The van der Waals surface area contributed by atoms with Crippen molar-refractivity contribution in [3.63, 3.8) is 0 Å². The maximum atomic E-state index is 12.6. The van der Waals surface area contributed by atoms with Crippen LogP contribution in [0.2, 0.25) is 0 Å². The quantitative estimate of drug-likeness (QED) is 0.523. The Bertz CT molecular complexity index is 669. The van der Waals surface area contributed by atoms with Gasteiger partial charge in [0, 0.05) is 16.2 Å². The van der Waals surface area contributed by atoms with E-state index in [1.807, 2.05) is 13.8 Å². The maximum absolute atomic E-state index is 12.6. The molecule has 25 heavy (non-hydrogen) atoms. The lowest BCUT2D eigenvalue weighted by atomic mass is 9.40. The second-order valence-corrected chi connectivity index (χ2v) is 10.2. The zero-order valence-corrected chi connectivity index (χ0v) is 15.5. The predicted molar refractivity (Wildman–Crippen MR) is 92.4 cm³/mol. The molecule has 1 unspecified atom stereocenters. The molecule has 2 spiro atoms. The van der Waals surface area contributed by atoms with Crippen molar-refractivity contribution in [2.24, 2.45) is 39.9 Å². The van der Waals surface area contributed by atoms with Gasteiger partial charge in [0.25, 0.3) is 0 Å². The normalized spacial score (nSPS) is 58.3. The van der Waals surface area contributed by atoms with E-state index in [1.54, 1.807) is 6.08 Å². The van der Waals surface area contributed by atoms with E-state index in [9.17, 15) is 15.0 Å². The molecule has 0 amide bonds. The summed E-state index contributed by atoms with van der Waals surface area (Å²) >= 11 is 0. The zero-order valence-electron chi connectivity index (χ0n) is 15.5. The number of ether oxygens (including phenoxy) is 1. The molecule has 0 radical (unpaired) electrons. The van der Waals surface area contributed by atoms with Crippen LogP contribution in [-0.2, 0) is 9.53 Å². The van der Waals surface area contributed by atoms with Gasteiger partial charge in [-0.1, -0.05) is 26.8 Å². The number of rotatable bonds is 0. The van der Waals surface area contributed by atoms with Gasteiger partial charge in [0.1, 0.15) is 6.61 Å². The molecule has 0 aromatic heterocycles. The van der Waals surface area contributed by atoms with Crippen LogP contribution in [0, 0.1) is 39.9 Å². The lowest BCUT2D eigenvalue weighted by Crippen LogP contribution is -2.63. The van der Waals surface area contributed by atoms with Crippen LogP contribution in [0.1, 0.15) is 52.9 Å². The van der Waals surface area contributed by atoms with Crippen molar-refractivity contribution >= 4 is 5.97 Å². The molecule has 4 bridgehead atoms. The van der Waals surface area contributed by atoms with Crippen LogP contribution in [0.5, 0.6) is 0 Å². The molecular weight excluding hydrogens is 316 g/mol. The van der Waals surface area contributed by atoms with Gasteiger partial charge in [-0.25, -0.2) is 4.79 Å². The molecule has 2 aliphatic heterocycles. The molecule has 2 heterocycles. The number of hydrogen-bond acceptors (Lipinski definition) is 4. The van der Waals surface area contributed by atoms with Crippen molar-refractivity contribution in [3.05, 3.63) is 12.2 Å². The first-order valence-electron chi connectivity index (χ1n) is 9.97. The van der Waals surface area contributed by atoms with Gasteiger partial charge in [-0.05, 0) is 61.9 Å².